The molecule has 2 heterocycles. The van der Waals surface area contributed by atoms with Gasteiger partial charge in [0.25, 0.3) is 0 Å². The van der Waals surface area contributed by atoms with Gasteiger partial charge in [0.1, 0.15) is 5.82 Å². The molecule has 2 saturated heterocycles. The van der Waals surface area contributed by atoms with Crippen molar-refractivity contribution in [1.29, 1.82) is 0 Å². The van der Waals surface area contributed by atoms with Crippen LogP contribution in [-0.2, 0) is 25.5 Å². The molecule has 3 aliphatic rings. The second kappa shape index (κ2) is 7.56. The minimum absolute atomic E-state index is 0.0635. The molecule has 3 fully saturated rings. The van der Waals surface area contributed by atoms with Crippen molar-refractivity contribution in [2.45, 2.75) is 31.5 Å². The highest BCUT2D eigenvalue weighted by atomic mass is 19.1. The molecule has 0 radical (unpaired) electrons. The average Bonchev–Trinajstić information content (AvgIpc) is 3.37. The molecule has 146 valence electrons. The predicted molar refractivity (Wildman–Crippen MR) is 95.2 cm³/mol. The highest BCUT2D eigenvalue weighted by Crippen LogP contribution is 2.41. The minimum Gasteiger partial charge on any atom is -0.356 e. The Balaban J connectivity index is 1.19. The van der Waals surface area contributed by atoms with Crippen LogP contribution in [0.3, 0.4) is 0 Å². The highest BCUT2D eigenvalue weighted by molar-refractivity contribution is 5.92. The number of carbonyl (C=O) groups excluding carboxylic acids is 2. The zero-order chi connectivity index (χ0) is 18.9. The van der Waals surface area contributed by atoms with Crippen LogP contribution in [-0.4, -0.2) is 55.3 Å². The Labute approximate surface area is 158 Å². The summed E-state index contributed by atoms with van der Waals surface area (Å²) < 4.78 is 24.3. The van der Waals surface area contributed by atoms with E-state index in [2.05, 4.69) is 5.32 Å². The quantitative estimate of drug-likeness (QED) is 0.845. The van der Waals surface area contributed by atoms with Gasteiger partial charge in [0, 0.05) is 32.5 Å². The van der Waals surface area contributed by atoms with Gasteiger partial charge in [-0.3, -0.25) is 9.59 Å². The predicted octanol–water partition coefficient (Wildman–Crippen LogP) is 1.49. The number of benzene rings is 1. The molecule has 0 bridgehead atoms. The van der Waals surface area contributed by atoms with E-state index in [9.17, 15) is 14.0 Å². The van der Waals surface area contributed by atoms with E-state index < -0.39 is 5.79 Å². The first kappa shape index (κ1) is 18.4. The molecule has 0 aromatic heterocycles. The van der Waals surface area contributed by atoms with Gasteiger partial charge in [-0.1, -0.05) is 12.1 Å². The van der Waals surface area contributed by atoms with E-state index in [1.807, 2.05) is 4.90 Å². The summed E-state index contributed by atoms with van der Waals surface area (Å²) in [5.74, 6) is -1.17. The summed E-state index contributed by atoms with van der Waals surface area (Å²) in [5.41, 5.74) is 0.971. The number of nitrogens with one attached hydrogen (secondary N) is 1. The fourth-order valence-corrected chi connectivity index (χ4v) is 3.96. The summed E-state index contributed by atoms with van der Waals surface area (Å²) in [6.45, 7) is 2.97. The van der Waals surface area contributed by atoms with Crippen LogP contribution < -0.4 is 5.32 Å². The van der Waals surface area contributed by atoms with Crippen molar-refractivity contribution >= 4 is 11.8 Å². The molecule has 1 aromatic carbocycles. The highest BCUT2D eigenvalue weighted by Gasteiger charge is 2.51. The Kier molecular flexibility index (Phi) is 5.14. The summed E-state index contributed by atoms with van der Waals surface area (Å²) in [4.78, 5) is 26.7. The lowest BCUT2D eigenvalue weighted by Gasteiger charge is -2.37. The van der Waals surface area contributed by atoms with E-state index >= 15 is 0 Å². The fourth-order valence-electron chi connectivity index (χ4n) is 3.96. The molecule has 27 heavy (non-hydrogen) atoms. The second-order valence-corrected chi connectivity index (χ2v) is 7.55. The molecule has 1 N–H and O–H groups in total. The lowest BCUT2D eigenvalue weighted by atomic mass is 10.0. The van der Waals surface area contributed by atoms with Crippen molar-refractivity contribution in [1.82, 2.24) is 10.2 Å². The number of rotatable bonds is 5. The Morgan fingerprint density at radius 1 is 1.11 bits per heavy atom. The van der Waals surface area contributed by atoms with E-state index in [-0.39, 0.29) is 29.5 Å². The molecule has 1 aromatic rings. The van der Waals surface area contributed by atoms with Crippen LogP contribution in [0.25, 0.3) is 0 Å². The van der Waals surface area contributed by atoms with Crippen molar-refractivity contribution in [2.24, 2.45) is 11.8 Å². The molecule has 2 aliphatic heterocycles. The number of piperidine rings is 1. The largest absolute Gasteiger partial charge is 0.356 e. The molecule has 1 spiro atoms. The summed E-state index contributed by atoms with van der Waals surface area (Å²) in [6.07, 6.45) is 2.65. The van der Waals surface area contributed by atoms with Crippen molar-refractivity contribution in [3.8, 4) is 0 Å². The molecular formula is C20H25FN2O4. The van der Waals surface area contributed by atoms with Crippen LogP contribution in [0.1, 0.15) is 24.8 Å². The van der Waals surface area contributed by atoms with E-state index in [1.165, 1.54) is 12.1 Å². The van der Waals surface area contributed by atoms with Gasteiger partial charge >= 0.3 is 0 Å². The van der Waals surface area contributed by atoms with Gasteiger partial charge in [-0.25, -0.2) is 4.39 Å². The molecule has 2 amide bonds. The van der Waals surface area contributed by atoms with Crippen LogP contribution in [0.4, 0.5) is 4.39 Å². The normalized spacial score (nSPS) is 26.2. The van der Waals surface area contributed by atoms with Crippen molar-refractivity contribution in [2.75, 3.05) is 32.8 Å². The summed E-state index contributed by atoms with van der Waals surface area (Å²) >= 11 is 0. The molecule has 4 rings (SSSR count). The average molecular weight is 376 g/mol. The SMILES string of the molecule is O=C(NCCc1ccc(F)cc1)C1CC1C(=O)N1CCC2(CC1)OCCO2. The molecule has 2 unspecified atom stereocenters. The third kappa shape index (κ3) is 4.14. The first-order chi connectivity index (χ1) is 13.1. The first-order valence-electron chi connectivity index (χ1n) is 9.65. The minimum atomic E-state index is -0.489. The maximum absolute atomic E-state index is 12.9. The lowest BCUT2D eigenvalue weighted by molar-refractivity contribution is -0.187. The summed E-state index contributed by atoms with van der Waals surface area (Å²) in [5, 5.41) is 2.89. The zero-order valence-electron chi connectivity index (χ0n) is 15.3. The molecule has 1 aliphatic carbocycles. The van der Waals surface area contributed by atoms with Gasteiger partial charge in [0.2, 0.25) is 11.8 Å². The number of carbonyl (C=O) groups is 2. The number of hydrogen-bond acceptors (Lipinski definition) is 4. The van der Waals surface area contributed by atoms with E-state index in [0.717, 1.165) is 5.56 Å². The van der Waals surface area contributed by atoms with Gasteiger partial charge in [-0.2, -0.15) is 0 Å². The lowest BCUT2D eigenvalue weighted by Crippen LogP contribution is -2.48. The first-order valence-corrected chi connectivity index (χ1v) is 9.65. The van der Waals surface area contributed by atoms with E-state index in [1.54, 1.807) is 12.1 Å². The van der Waals surface area contributed by atoms with Gasteiger partial charge in [0.15, 0.2) is 5.79 Å². The zero-order valence-corrected chi connectivity index (χ0v) is 15.3. The molecule has 1 saturated carbocycles. The number of hydrogen-bond donors (Lipinski definition) is 1. The van der Waals surface area contributed by atoms with Crippen molar-refractivity contribution in [3.63, 3.8) is 0 Å². The molecule has 2 atom stereocenters. The molecule has 6 nitrogen and oxygen atoms in total. The number of halogens is 1. The number of likely N-dealkylation sites (tertiary alicyclic amines) is 1. The third-order valence-corrected chi connectivity index (χ3v) is 5.72. The Hall–Kier alpha value is -1.99. The summed E-state index contributed by atoms with van der Waals surface area (Å²) in [7, 11) is 0. The molecule has 7 heteroatoms. The topological polar surface area (TPSA) is 67.9 Å². The van der Waals surface area contributed by atoms with Gasteiger partial charge in [-0.15, -0.1) is 0 Å². The monoisotopic (exact) mass is 376 g/mol. The Morgan fingerprint density at radius 2 is 1.78 bits per heavy atom. The Bertz CT molecular complexity index is 692. The smallest absolute Gasteiger partial charge is 0.226 e. The summed E-state index contributed by atoms with van der Waals surface area (Å²) in [6, 6.07) is 6.26. The van der Waals surface area contributed by atoms with Crippen molar-refractivity contribution in [3.05, 3.63) is 35.6 Å². The van der Waals surface area contributed by atoms with E-state index in [0.29, 0.717) is 58.5 Å². The van der Waals surface area contributed by atoms with Gasteiger partial charge in [0.05, 0.1) is 25.0 Å². The number of amides is 2. The number of nitrogens with zero attached hydrogens (tertiary/aromatic N) is 1. The van der Waals surface area contributed by atoms with Gasteiger partial charge in [-0.05, 0) is 30.5 Å². The van der Waals surface area contributed by atoms with Crippen LogP contribution in [0.2, 0.25) is 0 Å². The Morgan fingerprint density at radius 3 is 2.44 bits per heavy atom. The van der Waals surface area contributed by atoms with Crippen LogP contribution in [0.15, 0.2) is 24.3 Å². The number of ether oxygens (including phenoxy) is 2. The second-order valence-electron chi connectivity index (χ2n) is 7.55. The maximum Gasteiger partial charge on any atom is 0.226 e. The standard InChI is InChI=1S/C20H25FN2O4/c21-15-3-1-14(2-4-15)5-8-22-18(24)16-13-17(16)19(25)23-9-6-20(7-10-23)26-11-12-27-20/h1-4,16-17H,5-13H2,(H,22,24). The fraction of sp³-hybridized carbons (Fsp3) is 0.600. The van der Waals surface area contributed by atoms with Crippen LogP contribution in [0.5, 0.6) is 0 Å². The van der Waals surface area contributed by atoms with Gasteiger partial charge < -0.3 is 19.7 Å². The maximum atomic E-state index is 12.9. The van der Waals surface area contributed by atoms with Crippen LogP contribution in [0, 0.1) is 17.7 Å². The molecular weight excluding hydrogens is 351 g/mol. The third-order valence-electron chi connectivity index (χ3n) is 5.72. The van der Waals surface area contributed by atoms with Crippen LogP contribution >= 0.6 is 0 Å². The van der Waals surface area contributed by atoms with E-state index in [4.69, 9.17) is 9.47 Å². The van der Waals surface area contributed by atoms with Crippen molar-refractivity contribution < 1.29 is 23.5 Å².